The predicted molar refractivity (Wildman–Crippen MR) is 104 cm³/mol. The molecular weight excluding hydrogens is 367 g/mol. The molecule has 1 amide bonds. The van der Waals surface area contributed by atoms with Gasteiger partial charge in [-0.15, -0.1) is 0 Å². The van der Waals surface area contributed by atoms with Crippen LogP contribution in [0.1, 0.15) is 10.4 Å². The quantitative estimate of drug-likeness (QED) is 0.746. The predicted octanol–water partition coefficient (Wildman–Crippen LogP) is 3.83. The van der Waals surface area contributed by atoms with Crippen LogP contribution < -0.4 is 4.90 Å². The van der Waals surface area contributed by atoms with E-state index in [1.807, 2.05) is 17.0 Å². The van der Waals surface area contributed by atoms with Crippen molar-refractivity contribution in [2.24, 2.45) is 0 Å². The average Bonchev–Trinajstić information content (AvgIpc) is 3.18. The minimum atomic E-state index is -0.248. The van der Waals surface area contributed by atoms with E-state index in [4.69, 9.17) is 11.6 Å². The van der Waals surface area contributed by atoms with Gasteiger partial charge in [0, 0.05) is 42.5 Å². The Morgan fingerprint density at radius 3 is 2.33 bits per heavy atom. The van der Waals surface area contributed by atoms with Crippen LogP contribution in [0.3, 0.4) is 0 Å². The van der Waals surface area contributed by atoms with E-state index in [9.17, 15) is 9.18 Å². The van der Waals surface area contributed by atoms with Crippen LogP contribution in [0.25, 0.3) is 11.3 Å². The van der Waals surface area contributed by atoms with Crippen LogP contribution in [-0.2, 0) is 0 Å². The van der Waals surface area contributed by atoms with E-state index in [1.165, 1.54) is 12.1 Å². The minimum absolute atomic E-state index is 0.0487. The van der Waals surface area contributed by atoms with Gasteiger partial charge in [0.05, 0.1) is 17.5 Å². The van der Waals surface area contributed by atoms with Crippen molar-refractivity contribution in [3.63, 3.8) is 0 Å². The summed E-state index contributed by atoms with van der Waals surface area (Å²) in [6, 6.07) is 13.7. The SMILES string of the molecule is O=C(c1cn[nH]c1-c1ccc(Cl)cc1)N1CCN(c2ccc(F)cc2)CC1. The molecule has 1 aliphatic rings. The smallest absolute Gasteiger partial charge is 0.257 e. The first-order chi connectivity index (χ1) is 13.1. The summed E-state index contributed by atoms with van der Waals surface area (Å²) < 4.78 is 13.1. The molecule has 2 aromatic carbocycles. The summed E-state index contributed by atoms with van der Waals surface area (Å²) in [6.45, 7) is 2.60. The second kappa shape index (κ2) is 7.40. The van der Waals surface area contributed by atoms with Gasteiger partial charge < -0.3 is 9.80 Å². The van der Waals surface area contributed by atoms with E-state index in [1.54, 1.807) is 30.5 Å². The van der Waals surface area contributed by atoms with E-state index in [2.05, 4.69) is 15.1 Å². The first-order valence-electron chi connectivity index (χ1n) is 8.71. The van der Waals surface area contributed by atoms with Crippen LogP contribution in [0.2, 0.25) is 5.02 Å². The number of carbonyl (C=O) groups excluding carboxylic acids is 1. The summed E-state index contributed by atoms with van der Waals surface area (Å²) in [7, 11) is 0. The van der Waals surface area contributed by atoms with Gasteiger partial charge in [0.1, 0.15) is 5.82 Å². The zero-order valence-corrected chi connectivity index (χ0v) is 15.3. The number of nitrogens with zero attached hydrogens (tertiary/aromatic N) is 3. The second-order valence-corrected chi connectivity index (χ2v) is 6.86. The average molecular weight is 385 g/mol. The lowest BCUT2D eigenvalue weighted by atomic mass is 10.1. The van der Waals surface area contributed by atoms with Crippen molar-refractivity contribution < 1.29 is 9.18 Å². The molecule has 0 radical (unpaired) electrons. The number of rotatable bonds is 3. The number of piperazine rings is 1. The highest BCUT2D eigenvalue weighted by Gasteiger charge is 2.25. The van der Waals surface area contributed by atoms with E-state index in [0.717, 1.165) is 11.3 Å². The maximum atomic E-state index is 13.1. The number of anilines is 1. The Morgan fingerprint density at radius 1 is 1.00 bits per heavy atom. The first kappa shape index (κ1) is 17.5. The molecule has 0 saturated carbocycles. The van der Waals surface area contributed by atoms with Crippen LogP contribution in [0.15, 0.2) is 54.7 Å². The Bertz CT molecular complexity index is 931. The number of benzene rings is 2. The molecule has 1 aromatic heterocycles. The van der Waals surface area contributed by atoms with Crippen LogP contribution >= 0.6 is 11.6 Å². The molecule has 27 heavy (non-hydrogen) atoms. The molecule has 0 aliphatic carbocycles. The third kappa shape index (κ3) is 3.66. The number of halogens is 2. The molecule has 5 nitrogen and oxygen atoms in total. The third-order valence-corrected chi connectivity index (χ3v) is 5.01. The highest BCUT2D eigenvalue weighted by molar-refractivity contribution is 6.30. The number of carbonyl (C=O) groups is 1. The van der Waals surface area contributed by atoms with Gasteiger partial charge in [0.15, 0.2) is 0 Å². The molecule has 0 atom stereocenters. The number of hydrogen-bond acceptors (Lipinski definition) is 3. The Hall–Kier alpha value is -2.86. The zero-order chi connectivity index (χ0) is 18.8. The summed E-state index contributed by atoms with van der Waals surface area (Å²) in [5.74, 6) is -0.297. The third-order valence-electron chi connectivity index (χ3n) is 4.76. The Morgan fingerprint density at radius 2 is 1.67 bits per heavy atom. The first-order valence-corrected chi connectivity index (χ1v) is 9.09. The van der Waals surface area contributed by atoms with Gasteiger partial charge in [0.2, 0.25) is 0 Å². The second-order valence-electron chi connectivity index (χ2n) is 6.42. The van der Waals surface area contributed by atoms with Crippen molar-refractivity contribution in [3.8, 4) is 11.3 Å². The van der Waals surface area contributed by atoms with Crippen molar-refractivity contribution in [3.05, 3.63) is 71.1 Å². The molecule has 7 heteroatoms. The lowest BCUT2D eigenvalue weighted by Crippen LogP contribution is -2.48. The van der Waals surface area contributed by atoms with Crippen molar-refractivity contribution in [2.75, 3.05) is 31.1 Å². The molecule has 3 aromatic rings. The van der Waals surface area contributed by atoms with Crippen molar-refractivity contribution >= 4 is 23.2 Å². The molecule has 1 fully saturated rings. The fourth-order valence-electron chi connectivity index (χ4n) is 3.27. The van der Waals surface area contributed by atoms with E-state index < -0.39 is 0 Å². The van der Waals surface area contributed by atoms with Gasteiger partial charge in [-0.25, -0.2) is 4.39 Å². The topological polar surface area (TPSA) is 52.2 Å². The van der Waals surface area contributed by atoms with Gasteiger partial charge in [-0.05, 0) is 36.4 Å². The molecular formula is C20H18ClFN4O. The molecule has 4 rings (SSSR count). The molecule has 138 valence electrons. The van der Waals surface area contributed by atoms with Crippen LogP contribution in [0.4, 0.5) is 10.1 Å². The van der Waals surface area contributed by atoms with E-state index in [0.29, 0.717) is 42.5 Å². The summed E-state index contributed by atoms with van der Waals surface area (Å²) in [5, 5.41) is 7.61. The fraction of sp³-hybridized carbons (Fsp3) is 0.200. The number of aromatic amines is 1. The fourth-order valence-corrected chi connectivity index (χ4v) is 3.40. The number of hydrogen-bond donors (Lipinski definition) is 1. The van der Waals surface area contributed by atoms with Crippen molar-refractivity contribution in [1.82, 2.24) is 15.1 Å². The molecule has 0 unspecified atom stereocenters. The van der Waals surface area contributed by atoms with Gasteiger partial charge in [0.25, 0.3) is 5.91 Å². The molecule has 1 saturated heterocycles. The normalized spacial score (nSPS) is 14.4. The van der Waals surface area contributed by atoms with E-state index >= 15 is 0 Å². The van der Waals surface area contributed by atoms with Gasteiger partial charge in [-0.2, -0.15) is 5.10 Å². The summed E-state index contributed by atoms with van der Waals surface area (Å²) in [5.41, 5.74) is 3.07. The molecule has 1 aliphatic heterocycles. The largest absolute Gasteiger partial charge is 0.368 e. The summed E-state index contributed by atoms with van der Waals surface area (Å²) in [6.07, 6.45) is 1.57. The molecule has 0 spiro atoms. The van der Waals surface area contributed by atoms with E-state index in [-0.39, 0.29) is 11.7 Å². The minimum Gasteiger partial charge on any atom is -0.368 e. The molecule has 0 bridgehead atoms. The van der Waals surface area contributed by atoms with Crippen LogP contribution in [0.5, 0.6) is 0 Å². The number of H-pyrrole nitrogens is 1. The monoisotopic (exact) mass is 384 g/mol. The van der Waals surface area contributed by atoms with Gasteiger partial charge >= 0.3 is 0 Å². The number of amides is 1. The lowest BCUT2D eigenvalue weighted by molar-refractivity contribution is 0.0747. The van der Waals surface area contributed by atoms with Crippen molar-refractivity contribution in [1.29, 1.82) is 0 Å². The summed E-state index contributed by atoms with van der Waals surface area (Å²) in [4.78, 5) is 17.0. The Balaban J connectivity index is 1.46. The number of aromatic nitrogens is 2. The standard InChI is InChI=1S/C20H18ClFN4O/c21-15-3-1-14(2-4-15)19-18(13-23-24-19)20(27)26-11-9-25(10-12-26)17-7-5-16(22)6-8-17/h1-8,13H,9-12H2,(H,23,24). The molecule has 1 N–H and O–H groups in total. The maximum Gasteiger partial charge on any atom is 0.257 e. The van der Waals surface area contributed by atoms with Crippen LogP contribution in [-0.4, -0.2) is 47.2 Å². The zero-order valence-electron chi connectivity index (χ0n) is 14.5. The maximum absolute atomic E-state index is 13.1. The lowest BCUT2D eigenvalue weighted by Gasteiger charge is -2.36. The van der Waals surface area contributed by atoms with Crippen molar-refractivity contribution in [2.45, 2.75) is 0 Å². The van der Waals surface area contributed by atoms with Crippen LogP contribution in [0, 0.1) is 5.82 Å². The highest BCUT2D eigenvalue weighted by atomic mass is 35.5. The molecule has 2 heterocycles. The summed E-state index contributed by atoms with van der Waals surface area (Å²) >= 11 is 5.94. The Labute approximate surface area is 161 Å². The van der Waals surface area contributed by atoms with Gasteiger partial charge in [-0.3, -0.25) is 9.89 Å². The van der Waals surface area contributed by atoms with Gasteiger partial charge in [-0.1, -0.05) is 23.7 Å². The number of nitrogens with one attached hydrogen (secondary N) is 1. The Kier molecular flexibility index (Phi) is 4.81. The highest BCUT2D eigenvalue weighted by Crippen LogP contribution is 2.25.